The topological polar surface area (TPSA) is 41.1 Å². The van der Waals surface area contributed by atoms with Gasteiger partial charge in [-0.2, -0.15) is 0 Å². The van der Waals surface area contributed by atoms with Crippen LogP contribution in [0.1, 0.15) is 26.2 Å². The molecule has 0 spiro atoms. The van der Waals surface area contributed by atoms with Gasteiger partial charge in [-0.25, -0.2) is 4.39 Å². The molecule has 18 heavy (non-hydrogen) atoms. The number of anilines is 1. The Bertz CT molecular complexity index is 428. The first-order valence-electron chi connectivity index (χ1n) is 6.44. The van der Waals surface area contributed by atoms with E-state index in [1.54, 1.807) is 12.1 Å². The molecule has 1 aromatic carbocycles. The number of carbonyl (C=O) groups is 1. The Kier molecular flexibility index (Phi) is 3.97. The molecular formula is C14H19FN2O. The van der Waals surface area contributed by atoms with Crippen LogP contribution < -0.4 is 10.6 Å². The average Bonchev–Trinajstić information content (AvgIpc) is 2.79. The summed E-state index contributed by atoms with van der Waals surface area (Å²) in [5.41, 5.74) is 0.198. The zero-order valence-corrected chi connectivity index (χ0v) is 10.6. The van der Waals surface area contributed by atoms with Gasteiger partial charge in [0.15, 0.2) is 0 Å². The van der Waals surface area contributed by atoms with Crippen LogP contribution in [-0.4, -0.2) is 19.0 Å². The Labute approximate surface area is 107 Å². The molecule has 0 aromatic heterocycles. The lowest BCUT2D eigenvalue weighted by Gasteiger charge is -2.26. The molecule has 1 amide bonds. The van der Waals surface area contributed by atoms with Crippen LogP contribution in [-0.2, 0) is 4.79 Å². The van der Waals surface area contributed by atoms with Crippen LogP contribution in [0.25, 0.3) is 0 Å². The molecule has 98 valence electrons. The maximum Gasteiger partial charge on any atom is 0.231 e. The van der Waals surface area contributed by atoms with Crippen LogP contribution in [0.3, 0.4) is 0 Å². The van der Waals surface area contributed by atoms with Gasteiger partial charge in [0.2, 0.25) is 5.91 Å². The van der Waals surface area contributed by atoms with Gasteiger partial charge in [-0.15, -0.1) is 0 Å². The van der Waals surface area contributed by atoms with Crippen molar-refractivity contribution in [3.63, 3.8) is 0 Å². The molecule has 2 rings (SSSR count). The molecule has 2 N–H and O–H groups in total. The van der Waals surface area contributed by atoms with Crippen molar-refractivity contribution < 1.29 is 9.18 Å². The Hall–Kier alpha value is -1.42. The standard InChI is InChI=1S/C14H19FN2O/c1-2-6-14(7-8-16-10-14)13(18)17-12-5-3-4-11(15)9-12/h3-5,9,16H,2,6-8,10H2,1H3,(H,17,18). The predicted octanol–water partition coefficient (Wildman–Crippen LogP) is 2.54. The molecular weight excluding hydrogens is 231 g/mol. The first kappa shape index (κ1) is 13.0. The number of nitrogens with one attached hydrogen (secondary N) is 2. The van der Waals surface area contributed by atoms with Crippen molar-refractivity contribution in [2.75, 3.05) is 18.4 Å². The molecule has 1 fully saturated rings. The highest BCUT2D eigenvalue weighted by Crippen LogP contribution is 2.32. The first-order chi connectivity index (χ1) is 8.66. The summed E-state index contributed by atoms with van der Waals surface area (Å²) in [7, 11) is 0. The monoisotopic (exact) mass is 250 g/mol. The minimum absolute atomic E-state index is 0.0000463. The Balaban J connectivity index is 2.10. The van der Waals surface area contributed by atoms with E-state index in [9.17, 15) is 9.18 Å². The predicted molar refractivity (Wildman–Crippen MR) is 69.9 cm³/mol. The third kappa shape index (κ3) is 2.70. The molecule has 1 aliphatic rings. The normalized spacial score (nSPS) is 23.0. The minimum atomic E-state index is -0.332. The number of rotatable bonds is 4. The number of hydrogen-bond donors (Lipinski definition) is 2. The quantitative estimate of drug-likeness (QED) is 0.862. The van der Waals surface area contributed by atoms with Crippen LogP contribution in [0.5, 0.6) is 0 Å². The number of carbonyl (C=O) groups excluding carboxylic acids is 1. The molecule has 1 unspecified atom stereocenters. The lowest BCUT2D eigenvalue weighted by molar-refractivity contribution is -0.125. The second kappa shape index (κ2) is 5.48. The second-order valence-corrected chi connectivity index (χ2v) is 4.92. The minimum Gasteiger partial charge on any atom is -0.325 e. The maximum atomic E-state index is 13.1. The van der Waals surface area contributed by atoms with Crippen LogP contribution in [0, 0.1) is 11.2 Å². The van der Waals surface area contributed by atoms with Crippen molar-refractivity contribution in [2.24, 2.45) is 5.41 Å². The summed E-state index contributed by atoms with van der Waals surface area (Å²) in [4.78, 5) is 12.4. The van der Waals surface area contributed by atoms with Crippen LogP contribution in [0.15, 0.2) is 24.3 Å². The van der Waals surface area contributed by atoms with Crippen molar-refractivity contribution in [1.29, 1.82) is 0 Å². The van der Waals surface area contributed by atoms with Crippen molar-refractivity contribution in [3.05, 3.63) is 30.1 Å². The van der Waals surface area contributed by atoms with Gasteiger partial charge >= 0.3 is 0 Å². The fourth-order valence-corrected chi connectivity index (χ4v) is 2.57. The van der Waals surface area contributed by atoms with Gasteiger partial charge in [-0.3, -0.25) is 4.79 Å². The molecule has 1 aromatic rings. The maximum absolute atomic E-state index is 13.1. The summed E-state index contributed by atoms with van der Waals surface area (Å²) < 4.78 is 13.1. The van der Waals surface area contributed by atoms with E-state index in [4.69, 9.17) is 0 Å². The van der Waals surface area contributed by atoms with E-state index in [0.29, 0.717) is 12.2 Å². The van der Waals surface area contributed by atoms with Crippen molar-refractivity contribution >= 4 is 11.6 Å². The summed E-state index contributed by atoms with van der Waals surface area (Å²) in [6.07, 6.45) is 2.68. The van der Waals surface area contributed by atoms with Crippen molar-refractivity contribution in [3.8, 4) is 0 Å². The summed E-state index contributed by atoms with van der Waals surface area (Å²) in [6, 6.07) is 6.03. The molecule has 0 aliphatic carbocycles. The van der Waals surface area contributed by atoms with Gasteiger partial charge in [-0.05, 0) is 37.6 Å². The van der Waals surface area contributed by atoms with Gasteiger partial charge in [-0.1, -0.05) is 19.4 Å². The van der Waals surface area contributed by atoms with E-state index < -0.39 is 0 Å². The fraction of sp³-hybridized carbons (Fsp3) is 0.500. The highest BCUT2D eigenvalue weighted by molar-refractivity contribution is 5.95. The molecule has 0 radical (unpaired) electrons. The highest BCUT2D eigenvalue weighted by Gasteiger charge is 2.40. The lowest BCUT2D eigenvalue weighted by atomic mass is 9.81. The number of halogens is 1. The van der Waals surface area contributed by atoms with Gasteiger partial charge in [0.05, 0.1) is 5.41 Å². The summed E-state index contributed by atoms with van der Waals surface area (Å²) >= 11 is 0. The highest BCUT2D eigenvalue weighted by atomic mass is 19.1. The molecule has 1 atom stereocenters. The van der Waals surface area contributed by atoms with Crippen LogP contribution in [0.4, 0.5) is 10.1 Å². The molecule has 0 saturated carbocycles. The zero-order chi connectivity index (χ0) is 13.0. The van der Waals surface area contributed by atoms with Crippen LogP contribution in [0.2, 0.25) is 0 Å². The van der Waals surface area contributed by atoms with Gasteiger partial charge < -0.3 is 10.6 Å². The first-order valence-corrected chi connectivity index (χ1v) is 6.44. The van der Waals surface area contributed by atoms with E-state index in [-0.39, 0.29) is 17.1 Å². The van der Waals surface area contributed by atoms with Gasteiger partial charge in [0.1, 0.15) is 5.82 Å². The summed E-state index contributed by atoms with van der Waals surface area (Å²) in [6.45, 7) is 3.66. The SMILES string of the molecule is CCCC1(C(=O)Nc2cccc(F)c2)CCNC1. The van der Waals surface area contributed by atoms with E-state index in [0.717, 1.165) is 25.8 Å². The van der Waals surface area contributed by atoms with Crippen LogP contribution >= 0.6 is 0 Å². The third-order valence-corrected chi connectivity index (χ3v) is 3.54. The molecule has 1 aliphatic heterocycles. The smallest absolute Gasteiger partial charge is 0.231 e. The summed E-state index contributed by atoms with van der Waals surface area (Å²) in [5, 5.41) is 6.07. The molecule has 0 bridgehead atoms. The Morgan fingerprint density at radius 2 is 2.39 bits per heavy atom. The van der Waals surface area contributed by atoms with Gasteiger partial charge in [0, 0.05) is 12.2 Å². The van der Waals surface area contributed by atoms with E-state index in [1.807, 2.05) is 0 Å². The molecule has 4 heteroatoms. The molecule has 1 saturated heterocycles. The van der Waals surface area contributed by atoms with Crippen molar-refractivity contribution in [1.82, 2.24) is 5.32 Å². The van der Waals surface area contributed by atoms with E-state index in [1.165, 1.54) is 12.1 Å². The fourth-order valence-electron chi connectivity index (χ4n) is 2.57. The zero-order valence-electron chi connectivity index (χ0n) is 10.6. The molecule has 1 heterocycles. The molecule has 3 nitrogen and oxygen atoms in total. The number of amides is 1. The summed E-state index contributed by atoms with van der Waals surface area (Å²) in [5.74, 6) is -0.332. The largest absolute Gasteiger partial charge is 0.325 e. The number of hydrogen-bond acceptors (Lipinski definition) is 2. The Morgan fingerprint density at radius 1 is 1.56 bits per heavy atom. The third-order valence-electron chi connectivity index (χ3n) is 3.54. The van der Waals surface area contributed by atoms with Crippen molar-refractivity contribution in [2.45, 2.75) is 26.2 Å². The Morgan fingerprint density at radius 3 is 3.00 bits per heavy atom. The van der Waals surface area contributed by atoms with Gasteiger partial charge in [0.25, 0.3) is 0 Å². The van der Waals surface area contributed by atoms with E-state index in [2.05, 4.69) is 17.6 Å². The average molecular weight is 250 g/mol. The lowest BCUT2D eigenvalue weighted by Crippen LogP contribution is -2.38. The second-order valence-electron chi connectivity index (χ2n) is 4.92. The number of benzene rings is 1. The van der Waals surface area contributed by atoms with E-state index >= 15 is 0 Å².